The number of ether oxygens (including phenoxy) is 2. The molecule has 0 aliphatic carbocycles. The summed E-state index contributed by atoms with van der Waals surface area (Å²) in [5.41, 5.74) is 7.75. The molecule has 1 heterocycles. The summed E-state index contributed by atoms with van der Waals surface area (Å²) in [4.78, 5) is 2.35. The van der Waals surface area contributed by atoms with Gasteiger partial charge in [0.15, 0.2) is 0 Å². The van der Waals surface area contributed by atoms with Gasteiger partial charge in [-0.2, -0.15) is 0 Å². The van der Waals surface area contributed by atoms with E-state index in [9.17, 15) is 0 Å². The summed E-state index contributed by atoms with van der Waals surface area (Å²) >= 11 is 0. The molecule has 1 fully saturated rings. The van der Waals surface area contributed by atoms with Gasteiger partial charge < -0.3 is 20.1 Å². The van der Waals surface area contributed by atoms with E-state index in [-0.39, 0.29) is 0 Å². The van der Waals surface area contributed by atoms with E-state index < -0.39 is 0 Å². The van der Waals surface area contributed by atoms with Crippen molar-refractivity contribution < 1.29 is 9.47 Å². The highest BCUT2D eigenvalue weighted by Crippen LogP contribution is 2.28. The molecule has 4 heteroatoms. The molecule has 0 amide bonds. The molecule has 0 spiro atoms. The van der Waals surface area contributed by atoms with Crippen molar-refractivity contribution in [3.8, 4) is 5.75 Å². The van der Waals surface area contributed by atoms with Crippen LogP contribution in [-0.4, -0.2) is 32.9 Å². The lowest BCUT2D eigenvalue weighted by atomic mass is 10.1. The third-order valence-corrected chi connectivity index (χ3v) is 3.18. The molecular weight excluding hydrogens is 216 g/mol. The summed E-state index contributed by atoms with van der Waals surface area (Å²) in [6, 6.07) is 6.29. The zero-order valence-electron chi connectivity index (χ0n) is 10.5. The van der Waals surface area contributed by atoms with Crippen molar-refractivity contribution in [1.82, 2.24) is 0 Å². The smallest absolute Gasteiger partial charge is 0.122 e. The van der Waals surface area contributed by atoms with Gasteiger partial charge in [-0.3, -0.25) is 0 Å². The van der Waals surface area contributed by atoms with Gasteiger partial charge in [0.25, 0.3) is 0 Å². The van der Waals surface area contributed by atoms with Gasteiger partial charge in [-0.25, -0.2) is 0 Å². The van der Waals surface area contributed by atoms with E-state index in [4.69, 9.17) is 15.2 Å². The Kier molecular flexibility index (Phi) is 3.74. The summed E-state index contributed by atoms with van der Waals surface area (Å²) < 4.78 is 10.8. The Morgan fingerprint density at radius 3 is 3.00 bits per heavy atom. The average Bonchev–Trinajstić information content (AvgIpc) is 2.37. The second-order valence-corrected chi connectivity index (χ2v) is 4.29. The zero-order valence-corrected chi connectivity index (χ0v) is 10.5. The van der Waals surface area contributed by atoms with E-state index in [0.29, 0.717) is 6.04 Å². The Bertz CT molecular complexity index is 382. The summed E-state index contributed by atoms with van der Waals surface area (Å²) in [5.74, 6) is 0.807. The Morgan fingerprint density at radius 2 is 2.29 bits per heavy atom. The normalized spacial score (nSPS) is 20.4. The van der Waals surface area contributed by atoms with Crippen molar-refractivity contribution in [1.29, 1.82) is 0 Å². The zero-order chi connectivity index (χ0) is 12.3. The fraction of sp³-hybridized carbons (Fsp3) is 0.538. The largest absolute Gasteiger partial charge is 0.497 e. The van der Waals surface area contributed by atoms with Crippen LogP contribution in [0.2, 0.25) is 0 Å². The molecule has 1 atom stereocenters. The Balaban J connectivity index is 2.27. The Morgan fingerprint density at radius 1 is 1.47 bits per heavy atom. The van der Waals surface area contributed by atoms with Gasteiger partial charge in [0.2, 0.25) is 0 Å². The maximum Gasteiger partial charge on any atom is 0.122 e. The van der Waals surface area contributed by atoms with Crippen molar-refractivity contribution in [3.63, 3.8) is 0 Å². The van der Waals surface area contributed by atoms with Crippen molar-refractivity contribution in [2.75, 3.05) is 37.5 Å². The highest BCUT2D eigenvalue weighted by Gasteiger charge is 2.22. The number of morpholine rings is 1. The molecule has 0 bridgehead atoms. The van der Waals surface area contributed by atoms with Gasteiger partial charge in [0.1, 0.15) is 5.75 Å². The van der Waals surface area contributed by atoms with Gasteiger partial charge in [-0.1, -0.05) is 6.92 Å². The second-order valence-electron chi connectivity index (χ2n) is 4.29. The van der Waals surface area contributed by atoms with Crippen LogP contribution in [0.25, 0.3) is 0 Å². The summed E-state index contributed by atoms with van der Waals surface area (Å²) in [5, 5.41) is 0. The molecule has 0 saturated carbocycles. The standard InChI is InChI=1S/C13H20N2O2/c1-3-11-9-17-5-4-15(11)12-6-10(14)7-13(8-12)16-2/h6-8,11H,3-5,9,14H2,1-2H3. The molecule has 1 saturated heterocycles. The fourth-order valence-electron chi connectivity index (χ4n) is 2.22. The monoisotopic (exact) mass is 236 g/mol. The first-order valence-corrected chi connectivity index (χ1v) is 6.03. The average molecular weight is 236 g/mol. The van der Waals surface area contributed by atoms with Crippen molar-refractivity contribution in [2.45, 2.75) is 19.4 Å². The van der Waals surface area contributed by atoms with E-state index in [1.807, 2.05) is 18.2 Å². The minimum atomic E-state index is 0.426. The maximum atomic E-state index is 5.89. The second kappa shape index (κ2) is 5.27. The molecule has 0 aromatic heterocycles. The van der Waals surface area contributed by atoms with Crippen LogP contribution in [0.5, 0.6) is 5.75 Å². The van der Waals surface area contributed by atoms with Crippen LogP contribution in [0.1, 0.15) is 13.3 Å². The van der Waals surface area contributed by atoms with Gasteiger partial charge in [0, 0.05) is 30.1 Å². The van der Waals surface area contributed by atoms with Crippen LogP contribution in [0.4, 0.5) is 11.4 Å². The van der Waals surface area contributed by atoms with Crippen LogP contribution in [0, 0.1) is 0 Å². The molecule has 2 rings (SSSR count). The topological polar surface area (TPSA) is 47.7 Å². The number of nitrogens with zero attached hydrogens (tertiary/aromatic N) is 1. The first-order valence-electron chi connectivity index (χ1n) is 6.03. The van der Waals surface area contributed by atoms with Crippen LogP contribution in [0.15, 0.2) is 18.2 Å². The molecule has 1 aliphatic rings. The van der Waals surface area contributed by atoms with Crippen molar-refractivity contribution >= 4 is 11.4 Å². The fourth-order valence-corrected chi connectivity index (χ4v) is 2.22. The summed E-state index contributed by atoms with van der Waals surface area (Å²) in [6.07, 6.45) is 1.07. The highest BCUT2D eigenvalue weighted by atomic mass is 16.5. The SMILES string of the molecule is CCC1COCCN1c1cc(N)cc(OC)c1. The number of hydrogen-bond acceptors (Lipinski definition) is 4. The quantitative estimate of drug-likeness (QED) is 0.814. The molecule has 94 valence electrons. The lowest BCUT2D eigenvalue weighted by Crippen LogP contribution is -2.45. The number of benzene rings is 1. The van der Waals surface area contributed by atoms with E-state index in [1.54, 1.807) is 7.11 Å². The van der Waals surface area contributed by atoms with E-state index in [0.717, 1.165) is 43.3 Å². The van der Waals surface area contributed by atoms with E-state index in [2.05, 4.69) is 11.8 Å². The molecule has 1 aromatic rings. The molecule has 0 radical (unpaired) electrons. The molecule has 2 N–H and O–H groups in total. The van der Waals surface area contributed by atoms with Crippen LogP contribution in [-0.2, 0) is 4.74 Å². The lowest BCUT2D eigenvalue weighted by molar-refractivity contribution is 0.0930. The minimum Gasteiger partial charge on any atom is -0.497 e. The molecule has 4 nitrogen and oxygen atoms in total. The van der Waals surface area contributed by atoms with Crippen molar-refractivity contribution in [2.24, 2.45) is 0 Å². The number of anilines is 2. The van der Waals surface area contributed by atoms with Crippen LogP contribution < -0.4 is 15.4 Å². The highest BCUT2D eigenvalue weighted by molar-refractivity contribution is 5.61. The molecule has 17 heavy (non-hydrogen) atoms. The van der Waals surface area contributed by atoms with Crippen LogP contribution >= 0.6 is 0 Å². The number of nitrogen functional groups attached to an aromatic ring is 1. The van der Waals surface area contributed by atoms with Gasteiger partial charge in [-0.15, -0.1) is 0 Å². The number of rotatable bonds is 3. The van der Waals surface area contributed by atoms with Gasteiger partial charge >= 0.3 is 0 Å². The first kappa shape index (κ1) is 12.0. The van der Waals surface area contributed by atoms with Gasteiger partial charge in [0.05, 0.1) is 26.4 Å². The van der Waals surface area contributed by atoms with E-state index >= 15 is 0 Å². The first-order chi connectivity index (χ1) is 8.24. The lowest BCUT2D eigenvalue weighted by Gasteiger charge is -2.37. The minimum absolute atomic E-state index is 0.426. The van der Waals surface area contributed by atoms with Gasteiger partial charge in [-0.05, 0) is 12.5 Å². The predicted molar refractivity (Wildman–Crippen MR) is 69.7 cm³/mol. The van der Waals surface area contributed by atoms with Crippen molar-refractivity contribution in [3.05, 3.63) is 18.2 Å². The summed E-state index contributed by atoms with van der Waals surface area (Å²) in [7, 11) is 1.66. The third kappa shape index (κ3) is 2.64. The van der Waals surface area contributed by atoms with E-state index in [1.165, 1.54) is 0 Å². The maximum absolute atomic E-state index is 5.89. The predicted octanol–water partition coefficient (Wildman–Crippen LogP) is 1.89. The summed E-state index contributed by atoms with van der Waals surface area (Å²) in [6.45, 7) is 4.64. The number of methoxy groups -OCH3 is 1. The molecular formula is C13H20N2O2. The number of nitrogens with two attached hydrogens (primary N) is 1. The molecule has 1 aromatic carbocycles. The Labute approximate surface area is 102 Å². The third-order valence-electron chi connectivity index (χ3n) is 3.18. The Hall–Kier alpha value is -1.42. The van der Waals surface area contributed by atoms with Crippen LogP contribution in [0.3, 0.4) is 0 Å². The molecule has 1 unspecified atom stereocenters. The number of hydrogen-bond donors (Lipinski definition) is 1. The molecule has 1 aliphatic heterocycles.